The summed E-state index contributed by atoms with van der Waals surface area (Å²) in [6.07, 6.45) is -18.2. The van der Waals surface area contributed by atoms with E-state index in [0.717, 1.165) is 0 Å². The lowest BCUT2D eigenvalue weighted by atomic mass is 10.2. The van der Waals surface area contributed by atoms with E-state index in [1.165, 1.54) is 6.92 Å². The van der Waals surface area contributed by atoms with E-state index < -0.39 is 37.0 Å². The van der Waals surface area contributed by atoms with Gasteiger partial charge in [0.05, 0.1) is 6.67 Å². The first-order valence-corrected chi connectivity index (χ1v) is 5.28. The number of hydrogen-bond acceptors (Lipinski definition) is 2. The fourth-order valence-corrected chi connectivity index (χ4v) is 1.01. The summed E-state index contributed by atoms with van der Waals surface area (Å²) in [5.41, 5.74) is 0. The maximum Gasteiger partial charge on any atom is 0.453 e. The molecule has 1 aliphatic rings. The van der Waals surface area contributed by atoms with Gasteiger partial charge in [-0.25, -0.2) is 13.2 Å². The maximum atomic E-state index is 12.8. The van der Waals surface area contributed by atoms with E-state index in [1.807, 2.05) is 0 Å². The van der Waals surface area contributed by atoms with Crippen LogP contribution < -0.4 is 0 Å². The van der Waals surface area contributed by atoms with E-state index in [1.54, 1.807) is 0 Å². The largest absolute Gasteiger partial charge is 0.453 e. The van der Waals surface area contributed by atoms with Gasteiger partial charge in [0.2, 0.25) is 6.93 Å². The third-order valence-corrected chi connectivity index (χ3v) is 1.87. The van der Waals surface area contributed by atoms with Crippen LogP contribution in [0.15, 0.2) is 0 Å². The van der Waals surface area contributed by atoms with E-state index in [0.29, 0.717) is 0 Å². The monoisotopic (exact) mass is 378 g/mol. The van der Waals surface area contributed by atoms with Gasteiger partial charge in [0.25, 0.3) is 0 Å². The van der Waals surface area contributed by atoms with Gasteiger partial charge in [-0.2, -0.15) is 35.1 Å². The van der Waals surface area contributed by atoms with E-state index >= 15 is 0 Å². The van der Waals surface area contributed by atoms with Crippen molar-refractivity contribution in [3.63, 3.8) is 0 Å². The van der Waals surface area contributed by atoms with Gasteiger partial charge in [-0.1, -0.05) is 0 Å². The molecule has 0 N–H and O–H groups in total. The highest BCUT2D eigenvalue weighted by atomic mass is 19.4. The van der Waals surface area contributed by atoms with Crippen LogP contribution in [0.2, 0.25) is 0 Å². The van der Waals surface area contributed by atoms with Gasteiger partial charge in [0, 0.05) is 6.92 Å². The molecule has 0 amide bonds. The molecule has 0 saturated carbocycles. The third-order valence-electron chi connectivity index (χ3n) is 1.87. The van der Waals surface area contributed by atoms with Crippen LogP contribution in [-0.4, -0.2) is 43.7 Å². The predicted molar refractivity (Wildman–Crippen MR) is 50.2 cm³/mol. The fourth-order valence-electron chi connectivity index (χ4n) is 1.01. The first kappa shape index (κ1) is 24.3. The SMILES string of the molecule is CC1(F)OC(C(F)(F)F)(C(F)(F)F)OC1(F)F.CCF.FCF. The van der Waals surface area contributed by atoms with Gasteiger partial charge < -0.3 is 0 Å². The van der Waals surface area contributed by atoms with Crippen LogP contribution in [0.1, 0.15) is 13.8 Å². The topological polar surface area (TPSA) is 18.5 Å². The van der Waals surface area contributed by atoms with E-state index in [-0.39, 0.29) is 13.6 Å². The number of hydrogen-bond donors (Lipinski definition) is 0. The molecule has 23 heavy (non-hydrogen) atoms. The third kappa shape index (κ3) is 5.29. The minimum absolute atomic E-state index is 0.250. The molecule has 1 fully saturated rings. The second kappa shape index (κ2) is 7.77. The molecule has 0 aromatic carbocycles. The van der Waals surface area contributed by atoms with Gasteiger partial charge in [0.1, 0.15) is 0 Å². The Morgan fingerprint density at radius 3 is 1.13 bits per heavy atom. The van der Waals surface area contributed by atoms with Gasteiger partial charge >= 0.3 is 30.1 Å². The van der Waals surface area contributed by atoms with Crippen LogP contribution in [0.5, 0.6) is 0 Å². The quantitative estimate of drug-likeness (QED) is 0.553. The lowest BCUT2D eigenvalue weighted by Crippen LogP contribution is -2.58. The lowest BCUT2D eigenvalue weighted by molar-refractivity contribution is -0.463. The average Bonchev–Trinajstić information content (AvgIpc) is 2.46. The van der Waals surface area contributed by atoms with E-state index in [4.69, 9.17) is 0 Å². The first-order valence-electron chi connectivity index (χ1n) is 5.28. The number of halogens is 12. The van der Waals surface area contributed by atoms with E-state index in [2.05, 4.69) is 9.47 Å². The van der Waals surface area contributed by atoms with Gasteiger partial charge in [-0.15, -0.1) is 0 Å². The van der Waals surface area contributed by atoms with Crippen molar-refractivity contribution in [3.05, 3.63) is 0 Å². The molecule has 1 rings (SSSR count). The second-order valence-corrected chi connectivity index (χ2v) is 3.62. The van der Waals surface area contributed by atoms with Gasteiger partial charge in [-0.05, 0) is 6.92 Å². The lowest BCUT2D eigenvalue weighted by Gasteiger charge is -2.30. The summed E-state index contributed by atoms with van der Waals surface area (Å²) < 4.78 is 146. The van der Waals surface area contributed by atoms with Crippen molar-refractivity contribution in [1.29, 1.82) is 0 Å². The van der Waals surface area contributed by atoms with Crippen LogP contribution in [-0.2, 0) is 9.47 Å². The highest BCUT2D eigenvalue weighted by molar-refractivity contribution is 4.97. The zero-order valence-corrected chi connectivity index (χ0v) is 11.3. The standard InChI is InChI=1S/C6H3F9O2.C2H5F.CH2F2/c1-2(7)6(14,15)17-3(16-2,4(8,9)10)5(11,12)13;1-2-3;2-1-3/h1H3;2H2,1H3;1H2. The fraction of sp³-hybridized carbons (Fsp3) is 1.00. The zero-order valence-electron chi connectivity index (χ0n) is 11.3. The van der Waals surface area contributed by atoms with Crippen molar-refractivity contribution >= 4 is 0 Å². The van der Waals surface area contributed by atoms with Crippen LogP contribution in [0.4, 0.5) is 52.7 Å². The minimum atomic E-state index is -6.42. The summed E-state index contributed by atoms with van der Waals surface area (Å²) in [5, 5.41) is 0. The summed E-state index contributed by atoms with van der Waals surface area (Å²) in [6, 6.07) is 0. The van der Waals surface area contributed by atoms with Crippen molar-refractivity contribution in [2.75, 3.05) is 13.6 Å². The Bertz CT molecular complexity index is 313. The Kier molecular flexibility index (Phi) is 8.22. The molecule has 142 valence electrons. The molecule has 0 radical (unpaired) electrons. The molecule has 1 heterocycles. The summed E-state index contributed by atoms with van der Waals surface area (Å²) in [7, 11) is 0. The molecule has 0 bridgehead atoms. The Labute approximate surface area is 121 Å². The van der Waals surface area contributed by atoms with Crippen molar-refractivity contribution in [2.24, 2.45) is 0 Å². The Morgan fingerprint density at radius 1 is 0.783 bits per heavy atom. The van der Waals surface area contributed by atoms with Crippen molar-refractivity contribution < 1.29 is 62.2 Å². The molecular weight excluding hydrogens is 368 g/mol. The number of rotatable bonds is 0. The van der Waals surface area contributed by atoms with Crippen LogP contribution in [0, 0.1) is 0 Å². The summed E-state index contributed by atoms with van der Waals surface area (Å²) in [5.74, 6) is -10.2. The highest BCUT2D eigenvalue weighted by Crippen LogP contribution is 2.58. The van der Waals surface area contributed by atoms with Gasteiger partial charge in [-0.3, -0.25) is 13.9 Å². The minimum Gasteiger partial charge on any atom is -0.291 e. The molecule has 1 unspecified atom stereocenters. The normalized spacial score (nSPS) is 25.8. The van der Waals surface area contributed by atoms with Crippen LogP contribution >= 0.6 is 0 Å². The van der Waals surface area contributed by atoms with Crippen molar-refractivity contribution in [2.45, 2.75) is 44.0 Å². The van der Waals surface area contributed by atoms with Crippen LogP contribution in [0.25, 0.3) is 0 Å². The molecule has 1 aliphatic heterocycles. The Hall–Kier alpha value is -0.920. The van der Waals surface area contributed by atoms with E-state index in [9.17, 15) is 52.7 Å². The molecular formula is C9H10F12O2. The summed E-state index contributed by atoms with van der Waals surface area (Å²) in [6.45, 7) is -0.841. The van der Waals surface area contributed by atoms with Crippen LogP contribution in [0.3, 0.4) is 0 Å². The number of ether oxygens (including phenoxy) is 2. The molecule has 1 atom stereocenters. The second-order valence-electron chi connectivity index (χ2n) is 3.62. The Morgan fingerprint density at radius 2 is 1.04 bits per heavy atom. The maximum absolute atomic E-state index is 12.8. The average molecular weight is 378 g/mol. The smallest absolute Gasteiger partial charge is 0.291 e. The molecule has 14 heteroatoms. The molecule has 0 aliphatic carbocycles. The number of alkyl halides is 12. The Balaban J connectivity index is 0. The molecule has 0 spiro atoms. The summed E-state index contributed by atoms with van der Waals surface area (Å²) >= 11 is 0. The van der Waals surface area contributed by atoms with Gasteiger partial charge in [0.15, 0.2) is 0 Å². The summed E-state index contributed by atoms with van der Waals surface area (Å²) in [4.78, 5) is 0. The molecule has 1 saturated heterocycles. The highest BCUT2D eigenvalue weighted by Gasteiger charge is 2.86. The molecule has 0 aromatic heterocycles. The first-order chi connectivity index (χ1) is 9.99. The van der Waals surface area contributed by atoms with Crippen molar-refractivity contribution in [1.82, 2.24) is 0 Å². The molecule has 2 nitrogen and oxygen atoms in total. The molecule has 0 aromatic rings. The predicted octanol–water partition coefficient (Wildman–Crippen LogP) is 4.99. The zero-order chi connectivity index (χ0) is 19.3. The van der Waals surface area contributed by atoms with Crippen molar-refractivity contribution in [3.8, 4) is 0 Å².